The van der Waals surface area contributed by atoms with Gasteiger partial charge in [0.05, 0.1) is 5.56 Å². The third-order valence-electron chi connectivity index (χ3n) is 3.59. The second-order valence-corrected chi connectivity index (χ2v) is 5.22. The number of hydrogen-bond donors (Lipinski definition) is 3. The number of nitrogen functional groups attached to an aromatic ring is 1. The molecule has 1 aliphatic rings. The molecule has 0 radical (unpaired) electrons. The summed E-state index contributed by atoms with van der Waals surface area (Å²) in [7, 11) is 0. The topological polar surface area (TPSA) is 75.3 Å². The van der Waals surface area contributed by atoms with Crippen LogP contribution in [0.1, 0.15) is 43.0 Å². The van der Waals surface area contributed by atoms with Gasteiger partial charge in [-0.15, -0.1) is 0 Å². The van der Waals surface area contributed by atoms with Gasteiger partial charge in [0.25, 0.3) is 0 Å². The molecule has 4 heteroatoms. The van der Waals surface area contributed by atoms with Crippen molar-refractivity contribution >= 4 is 17.3 Å². The van der Waals surface area contributed by atoms with E-state index in [2.05, 4.69) is 12.2 Å². The summed E-state index contributed by atoms with van der Waals surface area (Å²) in [5, 5.41) is 12.4. The SMILES string of the molecule is CC1CCCC(Nc2ccc(N)c(C(=O)O)c2)C1. The van der Waals surface area contributed by atoms with Gasteiger partial charge in [0.2, 0.25) is 0 Å². The zero-order chi connectivity index (χ0) is 13.1. The third kappa shape index (κ3) is 2.94. The smallest absolute Gasteiger partial charge is 0.337 e. The van der Waals surface area contributed by atoms with Crippen LogP contribution in [0, 0.1) is 5.92 Å². The van der Waals surface area contributed by atoms with Crippen molar-refractivity contribution in [3.05, 3.63) is 23.8 Å². The average Bonchev–Trinajstić information content (AvgIpc) is 2.31. The quantitative estimate of drug-likeness (QED) is 0.719. The maximum Gasteiger partial charge on any atom is 0.337 e. The van der Waals surface area contributed by atoms with E-state index in [0.29, 0.717) is 11.7 Å². The van der Waals surface area contributed by atoms with E-state index in [4.69, 9.17) is 10.8 Å². The van der Waals surface area contributed by atoms with Gasteiger partial charge in [0.15, 0.2) is 0 Å². The van der Waals surface area contributed by atoms with Gasteiger partial charge in [0.1, 0.15) is 0 Å². The Bertz CT molecular complexity index is 445. The predicted octanol–water partition coefficient (Wildman–Crippen LogP) is 2.96. The van der Waals surface area contributed by atoms with Crippen molar-refractivity contribution < 1.29 is 9.90 Å². The summed E-state index contributed by atoms with van der Waals surface area (Å²) in [5.74, 6) is -0.239. The summed E-state index contributed by atoms with van der Waals surface area (Å²) in [6.45, 7) is 2.26. The van der Waals surface area contributed by atoms with Gasteiger partial charge in [-0.3, -0.25) is 0 Å². The van der Waals surface area contributed by atoms with Crippen LogP contribution in [0.2, 0.25) is 0 Å². The van der Waals surface area contributed by atoms with Crippen LogP contribution in [0.25, 0.3) is 0 Å². The maximum absolute atomic E-state index is 11.0. The van der Waals surface area contributed by atoms with Gasteiger partial charge < -0.3 is 16.2 Å². The highest BCUT2D eigenvalue weighted by Gasteiger charge is 2.19. The zero-order valence-corrected chi connectivity index (χ0v) is 10.6. The monoisotopic (exact) mass is 248 g/mol. The molecule has 1 aromatic carbocycles. The molecular formula is C14H20N2O2. The number of benzene rings is 1. The molecule has 0 bridgehead atoms. The summed E-state index contributed by atoms with van der Waals surface area (Å²) in [6, 6.07) is 5.56. The minimum absolute atomic E-state index is 0.170. The molecule has 1 saturated carbocycles. The minimum atomic E-state index is -0.979. The fourth-order valence-electron chi connectivity index (χ4n) is 2.63. The highest BCUT2D eigenvalue weighted by atomic mass is 16.4. The number of carboxylic acids is 1. The molecule has 0 aromatic heterocycles. The Labute approximate surface area is 107 Å². The number of hydrogen-bond acceptors (Lipinski definition) is 3. The molecule has 0 spiro atoms. The fourth-order valence-corrected chi connectivity index (χ4v) is 2.63. The Balaban J connectivity index is 2.09. The molecule has 2 atom stereocenters. The number of carboxylic acid groups (broad SMARTS) is 1. The van der Waals surface area contributed by atoms with Crippen LogP contribution in [-0.2, 0) is 0 Å². The van der Waals surface area contributed by atoms with E-state index in [-0.39, 0.29) is 5.56 Å². The molecule has 4 nitrogen and oxygen atoms in total. The molecule has 18 heavy (non-hydrogen) atoms. The lowest BCUT2D eigenvalue weighted by Crippen LogP contribution is -2.26. The molecule has 2 unspecified atom stereocenters. The number of nitrogens with two attached hydrogens (primary N) is 1. The van der Waals surface area contributed by atoms with Crippen molar-refractivity contribution in [2.75, 3.05) is 11.1 Å². The molecule has 98 valence electrons. The predicted molar refractivity (Wildman–Crippen MR) is 72.9 cm³/mol. The number of aromatic carboxylic acids is 1. The second kappa shape index (κ2) is 5.29. The minimum Gasteiger partial charge on any atom is -0.478 e. The van der Waals surface area contributed by atoms with Crippen molar-refractivity contribution in [2.45, 2.75) is 38.6 Å². The van der Waals surface area contributed by atoms with E-state index in [1.54, 1.807) is 12.1 Å². The lowest BCUT2D eigenvalue weighted by atomic mass is 9.87. The van der Waals surface area contributed by atoms with Gasteiger partial charge in [-0.05, 0) is 37.0 Å². The van der Waals surface area contributed by atoms with Gasteiger partial charge in [-0.1, -0.05) is 19.8 Å². The number of nitrogens with one attached hydrogen (secondary N) is 1. The molecule has 0 saturated heterocycles. The van der Waals surface area contributed by atoms with Crippen molar-refractivity contribution in [1.82, 2.24) is 0 Å². The Morgan fingerprint density at radius 2 is 2.22 bits per heavy atom. The van der Waals surface area contributed by atoms with Crippen molar-refractivity contribution in [2.24, 2.45) is 5.92 Å². The van der Waals surface area contributed by atoms with E-state index in [0.717, 1.165) is 24.4 Å². The molecule has 1 aromatic rings. The van der Waals surface area contributed by atoms with Crippen molar-refractivity contribution in [3.8, 4) is 0 Å². The van der Waals surface area contributed by atoms with Gasteiger partial charge in [-0.2, -0.15) is 0 Å². The molecular weight excluding hydrogens is 228 g/mol. The standard InChI is InChI=1S/C14H20N2O2/c1-9-3-2-4-10(7-9)16-11-5-6-13(15)12(8-11)14(17)18/h5-6,8-10,16H,2-4,7,15H2,1H3,(H,17,18). The number of rotatable bonds is 3. The maximum atomic E-state index is 11.0. The molecule has 0 aliphatic heterocycles. The van der Waals surface area contributed by atoms with Crippen LogP contribution in [0.15, 0.2) is 18.2 Å². The van der Waals surface area contributed by atoms with Gasteiger partial charge in [0, 0.05) is 17.4 Å². The van der Waals surface area contributed by atoms with Crippen LogP contribution in [0.3, 0.4) is 0 Å². The fraction of sp³-hybridized carbons (Fsp3) is 0.500. The molecule has 0 heterocycles. The second-order valence-electron chi connectivity index (χ2n) is 5.22. The third-order valence-corrected chi connectivity index (χ3v) is 3.59. The van der Waals surface area contributed by atoms with Crippen LogP contribution >= 0.6 is 0 Å². The van der Waals surface area contributed by atoms with Crippen molar-refractivity contribution in [1.29, 1.82) is 0 Å². The first-order valence-corrected chi connectivity index (χ1v) is 6.45. The lowest BCUT2D eigenvalue weighted by Gasteiger charge is -2.28. The Kier molecular flexibility index (Phi) is 3.75. The summed E-state index contributed by atoms with van der Waals surface area (Å²) in [5.41, 5.74) is 6.97. The van der Waals surface area contributed by atoms with Crippen LogP contribution < -0.4 is 11.1 Å². The van der Waals surface area contributed by atoms with E-state index in [1.807, 2.05) is 6.07 Å². The number of carbonyl (C=O) groups is 1. The molecule has 4 N–H and O–H groups in total. The molecule has 0 amide bonds. The normalized spacial score (nSPS) is 23.6. The van der Waals surface area contributed by atoms with Gasteiger partial charge >= 0.3 is 5.97 Å². The van der Waals surface area contributed by atoms with Crippen LogP contribution in [0.4, 0.5) is 11.4 Å². The van der Waals surface area contributed by atoms with Crippen LogP contribution in [-0.4, -0.2) is 17.1 Å². The largest absolute Gasteiger partial charge is 0.478 e. The summed E-state index contributed by atoms with van der Waals surface area (Å²) in [6.07, 6.45) is 4.82. The van der Waals surface area contributed by atoms with Crippen LogP contribution in [0.5, 0.6) is 0 Å². The van der Waals surface area contributed by atoms with Crippen molar-refractivity contribution in [3.63, 3.8) is 0 Å². The number of anilines is 2. The zero-order valence-electron chi connectivity index (χ0n) is 10.6. The van der Waals surface area contributed by atoms with E-state index in [9.17, 15) is 4.79 Å². The molecule has 1 fully saturated rings. The summed E-state index contributed by atoms with van der Waals surface area (Å²) in [4.78, 5) is 11.0. The highest BCUT2D eigenvalue weighted by molar-refractivity contribution is 5.94. The summed E-state index contributed by atoms with van der Waals surface area (Å²) >= 11 is 0. The average molecular weight is 248 g/mol. The first-order valence-electron chi connectivity index (χ1n) is 6.45. The molecule has 2 rings (SSSR count). The molecule has 1 aliphatic carbocycles. The van der Waals surface area contributed by atoms with E-state index < -0.39 is 5.97 Å². The highest BCUT2D eigenvalue weighted by Crippen LogP contribution is 2.27. The van der Waals surface area contributed by atoms with E-state index in [1.165, 1.54) is 12.8 Å². The first kappa shape index (κ1) is 12.7. The first-order chi connectivity index (χ1) is 8.56. The Morgan fingerprint density at radius 3 is 2.89 bits per heavy atom. The summed E-state index contributed by atoms with van der Waals surface area (Å²) < 4.78 is 0. The Hall–Kier alpha value is -1.71. The van der Waals surface area contributed by atoms with Gasteiger partial charge in [-0.25, -0.2) is 4.79 Å². The van der Waals surface area contributed by atoms with E-state index >= 15 is 0 Å². The Morgan fingerprint density at radius 1 is 1.44 bits per heavy atom. The lowest BCUT2D eigenvalue weighted by molar-refractivity contribution is 0.0698.